The number of benzene rings is 3. The third kappa shape index (κ3) is 6.33. The van der Waals surface area contributed by atoms with E-state index in [0.717, 1.165) is 31.2 Å². The van der Waals surface area contributed by atoms with Crippen LogP contribution >= 0.6 is 0 Å². The summed E-state index contributed by atoms with van der Waals surface area (Å²) >= 11 is 0. The van der Waals surface area contributed by atoms with Crippen molar-refractivity contribution in [1.29, 1.82) is 0 Å². The molecule has 1 N–H and O–H groups in total. The third-order valence-corrected chi connectivity index (χ3v) is 12.8. The van der Waals surface area contributed by atoms with E-state index in [0.29, 0.717) is 42.1 Å². The van der Waals surface area contributed by atoms with Gasteiger partial charge in [-0.05, 0) is 61.8 Å². The number of ether oxygens (including phenoxy) is 1. The van der Waals surface area contributed by atoms with Crippen molar-refractivity contribution in [2.75, 3.05) is 29.5 Å². The second kappa shape index (κ2) is 13.9. The molecule has 0 aliphatic carbocycles. The molecule has 3 aliphatic heterocycles. The Hall–Kier alpha value is -3.86. The summed E-state index contributed by atoms with van der Waals surface area (Å²) in [6.07, 6.45) is 3.28. The molecule has 0 bridgehead atoms. The third-order valence-electron chi connectivity index (χ3n) is 10.3. The van der Waals surface area contributed by atoms with E-state index < -0.39 is 31.6 Å². The SMILES string of the molecule is C[C@@H]1[C@@H]([Si](C)(C)F)[C@H](CC(=O)N(CCO)Cc2ccccc2)O[C@@]12C(=O)N(c1ccccc1)c1ccc(N3CCCCCCC3=O)cc12. The Kier molecular flexibility index (Phi) is 9.88. The first kappa shape index (κ1) is 34.0. The fourth-order valence-electron chi connectivity index (χ4n) is 8.11. The number of carbonyl (C=O) groups excluding carboxylic acids is 3. The molecular weight excluding hydrogens is 626 g/mol. The number of amides is 3. The Morgan fingerprint density at radius 1 is 0.979 bits per heavy atom. The van der Waals surface area contributed by atoms with Crippen LogP contribution in [0.1, 0.15) is 56.6 Å². The number of anilines is 3. The lowest BCUT2D eigenvalue weighted by Gasteiger charge is -2.32. The Balaban J connectivity index is 1.42. The molecule has 0 unspecified atom stereocenters. The number of para-hydroxylation sites is 1. The molecule has 3 amide bonds. The van der Waals surface area contributed by atoms with Crippen LogP contribution in [0.25, 0.3) is 0 Å². The molecule has 0 radical (unpaired) electrons. The van der Waals surface area contributed by atoms with Crippen LogP contribution in [-0.4, -0.2) is 61.9 Å². The van der Waals surface area contributed by atoms with Gasteiger partial charge >= 0.3 is 0 Å². The first-order valence-corrected chi connectivity index (χ1v) is 20.2. The van der Waals surface area contributed by atoms with Gasteiger partial charge in [-0.1, -0.05) is 68.3 Å². The van der Waals surface area contributed by atoms with E-state index in [2.05, 4.69) is 0 Å². The van der Waals surface area contributed by atoms with Gasteiger partial charge in [-0.25, -0.2) is 0 Å². The summed E-state index contributed by atoms with van der Waals surface area (Å²) in [5.74, 6) is -1.13. The summed E-state index contributed by atoms with van der Waals surface area (Å²) in [7, 11) is -3.54. The standard InChI is InChI=1S/C38H46FN3O5Si/c1-27-36(48(2,3)39)33(25-35(45)40(22-23-43)26-28-14-8-6-9-15-28)47-38(27)31-24-30(41-21-13-5-4-12-18-34(41)44)19-20-32(31)42(37(38)46)29-16-10-7-11-17-29/h6-11,14-17,19-20,24,27,33,36,43H,4-5,12-13,18,21-23,25-26H2,1-3H3/t27-,33+,36-,38+/m1/s1. The number of rotatable bonds is 9. The number of halogens is 1. The monoisotopic (exact) mass is 671 g/mol. The van der Waals surface area contributed by atoms with Crippen LogP contribution in [-0.2, 0) is 31.3 Å². The summed E-state index contributed by atoms with van der Waals surface area (Å²) in [6.45, 7) is 5.91. The van der Waals surface area contributed by atoms with Crippen LogP contribution in [0.3, 0.4) is 0 Å². The Morgan fingerprint density at radius 2 is 1.67 bits per heavy atom. The van der Waals surface area contributed by atoms with Gasteiger partial charge < -0.3 is 23.8 Å². The van der Waals surface area contributed by atoms with Crippen LogP contribution in [0.2, 0.25) is 18.6 Å². The summed E-state index contributed by atoms with van der Waals surface area (Å²) in [4.78, 5) is 47.2. The number of hydrogen-bond donors (Lipinski definition) is 1. The van der Waals surface area contributed by atoms with E-state index in [1.165, 1.54) is 0 Å². The predicted molar refractivity (Wildman–Crippen MR) is 187 cm³/mol. The van der Waals surface area contributed by atoms with Crippen LogP contribution in [0.15, 0.2) is 78.9 Å². The molecule has 0 aromatic heterocycles. The molecule has 8 nitrogen and oxygen atoms in total. The summed E-state index contributed by atoms with van der Waals surface area (Å²) in [6, 6.07) is 24.5. The number of carbonyl (C=O) groups is 3. The first-order valence-electron chi connectivity index (χ1n) is 17.2. The van der Waals surface area contributed by atoms with E-state index in [-0.39, 0.29) is 37.3 Å². The van der Waals surface area contributed by atoms with Crippen molar-refractivity contribution in [2.45, 2.75) is 82.3 Å². The number of aliphatic hydroxyl groups is 1. The lowest BCUT2D eigenvalue weighted by Crippen LogP contribution is -2.44. The summed E-state index contributed by atoms with van der Waals surface area (Å²) < 4.78 is 23.4. The molecule has 2 fully saturated rings. The topological polar surface area (TPSA) is 90.4 Å². The van der Waals surface area contributed by atoms with Crippen LogP contribution in [0.4, 0.5) is 21.2 Å². The van der Waals surface area contributed by atoms with Gasteiger partial charge in [-0.3, -0.25) is 19.3 Å². The van der Waals surface area contributed by atoms with Crippen LogP contribution < -0.4 is 9.80 Å². The van der Waals surface area contributed by atoms with Gasteiger partial charge in [-0.15, -0.1) is 0 Å². The van der Waals surface area contributed by atoms with Gasteiger partial charge in [0, 0.05) is 54.5 Å². The molecule has 1 spiro atoms. The fourth-order valence-corrected chi connectivity index (χ4v) is 10.6. The van der Waals surface area contributed by atoms with E-state index in [1.807, 2.05) is 90.7 Å². The maximum Gasteiger partial charge on any atom is 0.268 e. The molecule has 3 aromatic carbocycles. The zero-order valence-corrected chi connectivity index (χ0v) is 29.1. The molecule has 2 saturated heterocycles. The second-order valence-corrected chi connectivity index (χ2v) is 17.7. The second-order valence-electron chi connectivity index (χ2n) is 13.9. The Bertz CT molecular complexity index is 1630. The van der Waals surface area contributed by atoms with E-state index in [4.69, 9.17) is 4.74 Å². The van der Waals surface area contributed by atoms with E-state index in [9.17, 15) is 19.5 Å². The number of nitrogens with zero attached hydrogens (tertiary/aromatic N) is 3. The average molecular weight is 672 g/mol. The van der Waals surface area contributed by atoms with Gasteiger partial charge in [0.05, 0.1) is 24.8 Å². The fraction of sp³-hybridized carbons (Fsp3) is 0.447. The largest absolute Gasteiger partial charge is 0.395 e. The van der Waals surface area contributed by atoms with Crippen LogP contribution in [0.5, 0.6) is 0 Å². The predicted octanol–water partition coefficient (Wildman–Crippen LogP) is 6.85. The first-order chi connectivity index (χ1) is 23.1. The highest BCUT2D eigenvalue weighted by molar-refractivity contribution is 6.72. The van der Waals surface area contributed by atoms with Gasteiger partial charge in [0.25, 0.3) is 5.91 Å². The maximum absolute atomic E-state index is 16.5. The highest BCUT2D eigenvalue weighted by Gasteiger charge is 2.67. The van der Waals surface area contributed by atoms with Gasteiger partial charge in [-0.2, -0.15) is 0 Å². The van der Waals surface area contributed by atoms with Crippen molar-refractivity contribution >= 4 is 43.2 Å². The summed E-state index contributed by atoms with van der Waals surface area (Å²) in [5, 5.41) is 9.83. The van der Waals surface area contributed by atoms with Crippen molar-refractivity contribution in [3.63, 3.8) is 0 Å². The molecule has 3 aromatic rings. The van der Waals surface area contributed by atoms with E-state index in [1.54, 1.807) is 22.9 Å². The zero-order valence-electron chi connectivity index (χ0n) is 28.1. The molecular formula is C38H46FN3O5Si. The molecule has 6 rings (SSSR count). The lowest BCUT2D eigenvalue weighted by molar-refractivity contribution is -0.149. The average Bonchev–Trinajstić information content (AvgIpc) is 3.49. The smallest absolute Gasteiger partial charge is 0.268 e. The number of hydrogen-bond acceptors (Lipinski definition) is 5. The number of fused-ring (bicyclic) bond motifs is 2. The molecule has 3 aliphatic rings. The zero-order chi connectivity index (χ0) is 34.1. The van der Waals surface area contributed by atoms with Gasteiger partial charge in [0.1, 0.15) is 0 Å². The van der Waals surface area contributed by atoms with E-state index >= 15 is 4.11 Å². The molecule has 48 heavy (non-hydrogen) atoms. The number of aliphatic hydroxyl groups excluding tert-OH is 1. The molecule has 4 atom stereocenters. The van der Waals surface area contributed by atoms with Gasteiger partial charge in [0.15, 0.2) is 5.60 Å². The Labute approximate surface area is 283 Å². The summed E-state index contributed by atoms with van der Waals surface area (Å²) in [5.41, 5.74) is 1.29. The van der Waals surface area contributed by atoms with Crippen molar-refractivity contribution in [3.05, 3.63) is 90.0 Å². The van der Waals surface area contributed by atoms with Crippen molar-refractivity contribution in [2.24, 2.45) is 5.92 Å². The maximum atomic E-state index is 16.5. The highest BCUT2D eigenvalue weighted by Crippen LogP contribution is 2.61. The minimum atomic E-state index is -3.54. The van der Waals surface area contributed by atoms with Crippen LogP contribution in [0, 0.1) is 5.92 Å². The molecule has 0 saturated carbocycles. The molecule has 254 valence electrons. The lowest BCUT2D eigenvalue weighted by atomic mass is 9.82. The minimum absolute atomic E-state index is 0.0503. The normalized spacial score (nSPS) is 24.5. The van der Waals surface area contributed by atoms with Gasteiger partial charge in [0.2, 0.25) is 20.2 Å². The minimum Gasteiger partial charge on any atom is -0.395 e. The van der Waals surface area contributed by atoms with Crippen molar-refractivity contribution in [1.82, 2.24) is 4.90 Å². The van der Waals surface area contributed by atoms with Crippen molar-refractivity contribution < 1.29 is 28.3 Å². The molecule has 10 heteroatoms. The van der Waals surface area contributed by atoms with Crippen molar-refractivity contribution in [3.8, 4) is 0 Å². The quantitative estimate of drug-likeness (QED) is 0.199. The molecule has 3 heterocycles. The Morgan fingerprint density at radius 3 is 2.35 bits per heavy atom. The highest BCUT2D eigenvalue weighted by atomic mass is 28.4.